The minimum atomic E-state index is 0.561. The van der Waals surface area contributed by atoms with Crippen molar-refractivity contribution >= 4 is 23.0 Å². The van der Waals surface area contributed by atoms with Gasteiger partial charge in [0.15, 0.2) is 0 Å². The van der Waals surface area contributed by atoms with Gasteiger partial charge in [-0.1, -0.05) is 0 Å². The molecule has 0 atom stereocenters. The van der Waals surface area contributed by atoms with Gasteiger partial charge in [-0.3, -0.25) is 0 Å². The first-order valence-electron chi connectivity index (χ1n) is 4.46. The van der Waals surface area contributed by atoms with Crippen LogP contribution in [-0.4, -0.2) is 15.0 Å². The Kier molecular flexibility index (Phi) is 2.77. The fourth-order valence-corrected chi connectivity index (χ4v) is 1.78. The van der Waals surface area contributed by atoms with Gasteiger partial charge in [-0.15, -0.1) is 11.3 Å². The Bertz CT molecular complexity index is 436. The van der Waals surface area contributed by atoms with Crippen LogP contribution in [0, 0.1) is 6.92 Å². The van der Waals surface area contributed by atoms with Crippen molar-refractivity contribution in [3.63, 3.8) is 0 Å². The smallest absolute Gasteiger partial charge is 0.223 e. The molecule has 0 aromatic carbocycles. The summed E-state index contributed by atoms with van der Waals surface area (Å²) >= 11 is 1.62. The number of nitrogens with two attached hydrogens (primary N) is 1. The molecule has 0 fully saturated rings. The molecule has 15 heavy (non-hydrogen) atoms. The van der Waals surface area contributed by atoms with Gasteiger partial charge < -0.3 is 11.1 Å². The van der Waals surface area contributed by atoms with Crippen molar-refractivity contribution in [2.45, 2.75) is 13.5 Å². The minimum absolute atomic E-state index is 0.561. The fraction of sp³-hybridized carbons (Fsp3) is 0.222. The molecule has 0 saturated heterocycles. The molecule has 0 radical (unpaired) electrons. The van der Waals surface area contributed by atoms with Gasteiger partial charge >= 0.3 is 0 Å². The number of nitrogens with one attached hydrogen (secondary N) is 1. The highest BCUT2D eigenvalue weighted by atomic mass is 32.1. The SMILES string of the molecule is Cc1csc(CNc2ncc(N)cn2)n1. The minimum Gasteiger partial charge on any atom is -0.396 e. The molecule has 0 spiro atoms. The maximum atomic E-state index is 5.47. The Morgan fingerprint density at radius 3 is 2.73 bits per heavy atom. The molecular formula is C9H11N5S. The third kappa shape index (κ3) is 2.63. The van der Waals surface area contributed by atoms with Gasteiger partial charge in [0, 0.05) is 11.1 Å². The van der Waals surface area contributed by atoms with Crippen LogP contribution in [0.4, 0.5) is 11.6 Å². The van der Waals surface area contributed by atoms with Crippen LogP contribution in [0.3, 0.4) is 0 Å². The van der Waals surface area contributed by atoms with Gasteiger partial charge in [0.2, 0.25) is 5.95 Å². The number of hydrogen-bond acceptors (Lipinski definition) is 6. The lowest BCUT2D eigenvalue weighted by atomic mass is 10.5. The van der Waals surface area contributed by atoms with Crippen LogP contribution in [0.5, 0.6) is 0 Å². The summed E-state index contributed by atoms with van der Waals surface area (Å²) in [5.41, 5.74) is 7.07. The monoisotopic (exact) mass is 221 g/mol. The average molecular weight is 221 g/mol. The lowest BCUT2D eigenvalue weighted by Crippen LogP contribution is -2.03. The number of nitrogen functional groups attached to an aromatic ring is 1. The number of thiazole rings is 1. The summed E-state index contributed by atoms with van der Waals surface area (Å²) in [5, 5.41) is 6.11. The second-order valence-electron chi connectivity index (χ2n) is 3.08. The largest absolute Gasteiger partial charge is 0.396 e. The molecule has 2 aromatic rings. The van der Waals surface area contributed by atoms with E-state index in [1.165, 1.54) is 0 Å². The van der Waals surface area contributed by atoms with Crippen LogP contribution >= 0.6 is 11.3 Å². The molecule has 0 saturated carbocycles. The molecule has 2 heterocycles. The summed E-state index contributed by atoms with van der Waals surface area (Å²) in [5.74, 6) is 0.567. The highest BCUT2D eigenvalue weighted by Gasteiger charge is 1.99. The van der Waals surface area contributed by atoms with Crippen LogP contribution in [0.25, 0.3) is 0 Å². The molecule has 3 N–H and O–H groups in total. The summed E-state index contributed by atoms with van der Waals surface area (Å²) in [7, 11) is 0. The Morgan fingerprint density at radius 2 is 2.13 bits per heavy atom. The zero-order valence-corrected chi connectivity index (χ0v) is 9.08. The zero-order valence-electron chi connectivity index (χ0n) is 8.27. The van der Waals surface area contributed by atoms with Crippen LogP contribution < -0.4 is 11.1 Å². The number of aryl methyl sites for hydroxylation is 1. The number of hydrogen-bond donors (Lipinski definition) is 2. The van der Waals surface area contributed by atoms with E-state index in [1.807, 2.05) is 12.3 Å². The standard InChI is InChI=1S/C9H11N5S/c1-6-5-15-8(14-6)4-13-9-11-2-7(10)3-12-9/h2-3,5H,4,10H2,1H3,(H,11,12,13). The van der Waals surface area contributed by atoms with E-state index in [0.717, 1.165) is 10.7 Å². The molecule has 2 aromatic heterocycles. The van der Waals surface area contributed by atoms with Gasteiger partial charge in [-0.2, -0.15) is 0 Å². The molecular weight excluding hydrogens is 210 g/mol. The first-order chi connectivity index (χ1) is 7.24. The molecule has 6 heteroatoms. The van der Waals surface area contributed by atoms with E-state index in [1.54, 1.807) is 23.7 Å². The van der Waals surface area contributed by atoms with Crippen LogP contribution in [0.15, 0.2) is 17.8 Å². The first kappa shape index (κ1) is 9.85. The predicted octanol–water partition coefficient (Wildman–Crippen LogP) is 1.44. The summed E-state index contributed by atoms with van der Waals surface area (Å²) < 4.78 is 0. The Balaban J connectivity index is 1.96. The first-order valence-corrected chi connectivity index (χ1v) is 5.34. The van der Waals surface area contributed by atoms with E-state index in [0.29, 0.717) is 18.2 Å². The molecule has 0 aliphatic rings. The van der Waals surface area contributed by atoms with E-state index >= 15 is 0 Å². The highest BCUT2D eigenvalue weighted by Crippen LogP contribution is 2.10. The normalized spacial score (nSPS) is 10.2. The van der Waals surface area contributed by atoms with E-state index in [-0.39, 0.29) is 0 Å². The molecule has 0 aliphatic heterocycles. The lowest BCUT2D eigenvalue weighted by molar-refractivity contribution is 1.03. The third-order valence-electron chi connectivity index (χ3n) is 1.74. The Morgan fingerprint density at radius 1 is 1.40 bits per heavy atom. The fourth-order valence-electron chi connectivity index (χ4n) is 1.07. The molecule has 2 rings (SSSR count). The highest BCUT2D eigenvalue weighted by molar-refractivity contribution is 7.09. The van der Waals surface area contributed by atoms with Crippen molar-refractivity contribution in [1.82, 2.24) is 15.0 Å². The van der Waals surface area contributed by atoms with Crippen molar-refractivity contribution in [2.24, 2.45) is 0 Å². The molecule has 0 amide bonds. The molecule has 0 bridgehead atoms. The van der Waals surface area contributed by atoms with Crippen molar-refractivity contribution in [2.75, 3.05) is 11.1 Å². The summed E-state index contributed by atoms with van der Waals surface area (Å²) in [6, 6.07) is 0. The number of rotatable bonds is 3. The summed E-state index contributed by atoms with van der Waals surface area (Å²) in [6.07, 6.45) is 3.14. The molecule has 5 nitrogen and oxygen atoms in total. The average Bonchev–Trinajstić information content (AvgIpc) is 2.64. The van der Waals surface area contributed by atoms with Crippen molar-refractivity contribution < 1.29 is 0 Å². The van der Waals surface area contributed by atoms with E-state index in [2.05, 4.69) is 20.3 Å². The lowest BCUT2D eigenvalue weighted by Gasteiger charge is -2.01. The van der Waals surface area contributed by atoms with Gasteiger partial charge in [-0.05, 0) is 6.92 Å². The number of anilines is 2. The third-order valence-corrected chi connectivity index (χ3v) is 2.70. The van der Waals surface area contributed by atoms with E-state index in [9.17, 15) is 0 Å². The number of aromatic nitrogens is 3. The number of nitrogens with zero attached hydrogens (tertiary/aromatic N) is 3. The van der Waals surface area contributed by atoms with E-state index in [4.69, 9.17) is 5.73 Å². The van der Waals surface area contributed by atoms with Crippen LogP contribution in [-0.2, 0) is 6.54 Å². The van der Waals surface area contributed by atoms with Gasteiger partial charge in [0.25, 0.3) is 0 Å². The topological polar surface area (TPSA) is 76.7 Å². The molecule has 78 valence electrons. The second kappa shape index (κ2) is 4.22. The van der Waals surface area contributed by atoms with Gasteiger partial charge in [0.05, 0.1) is 24.6 Å². The van der Waals surface area contributed by atoms with Crippen LogP contribution in [0.1, 0.15) is 10.7 Å². The maximum Gasteiger partial charge on any atom is 0.223 e. The summed E-state index contributed by atoms with van der Waals surface area (Å²) in [4.78, 5) is 12.4. The van der Waals surface area contributed by atoms with Crippen molar-refractivity contribution in [3.05, 3.63) is 28.5 Å². The van der Waals surface area contributed by atoms with Crippen molar-refractivity contribution in [1.29, 1.82) is 0 Å². The summed E-state index contributed by atoms with van der Waals surface area (Å²) in [6.45, 7) is 2.61. The van der Waals surface area contributed by atoms with Crippen LogP contribution in [0.2, 0.25) is 0 Å². The quantitative estimate of drug-likeness (QED) is 0.820. The van der Waals surface area contributed by atoms with Gasteiger partial charge in [0.1, 0.15) is 5.01 Å². The zero-order chi connectivity index (χ0) is 10.7. The predicted molar refractivity (Wildman–Crippen MR) is 60.6 cm³/mol. The van der Waals surface area contributed by atoms with E-state index < -0.39 is 0 Å². The maximum absolute atomic E-state index is 5.47. The Labute approximate surface area is 91.4 Å². The van der Waals surface area contributed by atoms with Crippen molar-refractivity contribution in [3.8, 4) is 0 Å². The molecule has 0 aliphatic carbocycles. The second-order valence-corrected chi connectivity index (χ2v) is 4.02. The molecule has 0 unspecified atom stereocenters. The van der Waals surface area contributed by atoms with Gasteiger partial charge in [-0.25, -0.2) is 15.0 Å². The Hall–Kier alpha value is -1.69.